The fourth-order valence-electron chi connectivity index (χ4n) is 2.71. The van der Waals surface area contributed by atoms with Gasteiger partial charge in [-0.25, -0.2) is 0 Å². The molecule has 1 heterocycles. The lowest BCUT2D eigenvalue weighted by atomic mass is 9.98. The van der Waals surface area contributed by atoms with Gasteiger partial charge in [-0.2, -0.15) is 5.10 Å². The Balaban J connectivity index is 1.89. The van der Waals surface area contributed by atoms with Crippen molar-refractivity contribution < 1.29 is 5.11 Å². The second-order valence-electron chi connectivity index (χ2n) is 5.45. The Morgan fingerprint density at radius 1 is 1.00 bits per heavy atom. The molecule has 0 bridgehead atoms. The van der Waals surface area contributed by atoms with E-state index in [-0.39, 0.29) is 0 Å². The highest BCUT2D eigenvalue weighted by Gasteiger charge is 2.12. The van der Waals surface area contributed by atoms with Gasteiger partial charge in [-0.3, -0.25) is 4.68 Å². The Bertz CT molecular complexity index is 745. The van der Waals surface area contributed by atoms with Crippen LogP contribution in [0, 0.1) is 0 Å². The van der Waals surface area contributed by atoms with Gasteiger partial charge in [0.2, 0.25) is 0 Å². The van der Waals surface area contributed by atoms with Crippen LogP contribution in [0.2, 0.25) is 0 Å². The van der Waals surface area contributed by atoms with E-state index in [4.69, 9.17) is 0 Å². The zero-order chi connectivity index (χ0) is 15.5. The van der Waals surface area contributed by atoms with Crippen molar-refractivity contribution in [1.29, 1.82) is 0 Å². The standard InChI is InChI=1S/C19H20N2O/c1-3-18-17(13-21(2)20-18)14-9-11-16(12-10-14)19(22)15-7-5-4-6-8-15/h4-13,19,22H,3H2,1-2H3. The minimum absolute atomic E-state index is 0.588. The number of aliphatic hydroxyl groups excluding tert-OH is 1. The molecule has 0 aliphatic carbocycles. The van der Waals surface area contributed by atoms with Crippen molar-refractivity contribution in [2.24, 2.45) is 7.05 Å². The third kappa shape index (κ3) is 2.81. The van der Waals surface area contributed by atoms with E-state index in [0.29, 0.717) is 0 Å². The fraction of sp³-hybridized carbons (Fsp3) is 0.211. The molecule has 0 aliphatic rings. The molecule has 1 N–H and O–H groups in total. The topological polar surface area (TPSA) is 38.0 Å². The fourth-order valence-corrected chi connectivity index (χ4v) is 2.71. The third-order valence-corrected chi connectivity index (χ3v) is 3.89. The van der Waals surface area contributed by atoms with E-state index in [0.717, 1.165) is 34.4 Å². The monoisotopic (exact) mass is 292 g/mol. The van der Waals surface area contributed by atoms with Crippen molar-refractivity contribution >= 4 is 0 Å². The van der Waals surface area contributed by atoms with Gasteiger partial charge in [0, 0.05) is 18.8 Å². The molecule has 3 heteroatoms. The van der Waals surface area contributed by atoms with Crippen molar-refractivity contribution in [3.8, 4) is 11.1 Å². The molecule has 1 aromatic heterocycles. The van der Waals surface area contributed by atoms with Crippen LogP contribution in [0.25, 0.3) is 11.1 Å². The van der Waals surface area contributed by atoms with Gasteiger partial charge in [0.05, 0.1) is 5.69 Å². The number of nitrogens with zero attached hydrogens (tertiary/aromatic N) is 2. The summed E-state index contributed by atoms with van der Waals surface area (Å²) in [4.78, 5) is 0. The highest BCUT2D eigenvalue weighted by atomic mass is 16.3. The predicted molar refractivity (Wildman–Crippen MR) is 88.5 cm³/mol. The molecule has 22 heavy (non-hydrogen) atoms. The number of rotatable bonds is 4. The lowest BCUT2D eigenvalue weighted by Crippen LogP contribution is -1.99. The molecule has 0 saturated carbocycles. The van der Waals surface area contributed by atoms with Gasteiger partial charge < -0.3 is 5.11 Å². The molecule has 0 amide bonds. The minimum Gasteiger partial charge on any atom is -0.384 e. The summed E-state index contributed by atoms with van der Waals surface area (Å²) in [5, 5.41) is 14.9. The Morgan fingerprint density at radius 2 is 1.64 bits per heavy atom. The summed E-state index contributed by atoms with van der Waals surface area (Å²) in [6.07, 6.45) is 2.36. The van der Waals surface area contributed by atoms with E-state index in [1.165, 1.54) is 0 Å². The van der Waals surface area contributed by atoms with Crippen molar-refractivity contribution in [2.75, 3.05) is 0 Å². The van der Waals surface area contributed by atoms with Crippen LogP contribution in [0.4, 0.5) is 0 Å². The number of aliphatic hydroxyl groups is 1. The Kier molecular flexibility index (Phi) is 4.07. The first kappa shape index (κ1) is 14.5. The van der Waals surface area contributed by atoms with Gasteiger partial charge in [0.1, 0.15) is 6.10 Å². The molecule has 0 radical (unpaired) electrons. The number of hydrogen-bond acceptors (Lipinski definition) is 2. The molecule has 1 atom stereocenters. The van der Waals surface area contributed by atoms with Crippen molar-refractivity contribution in [2.45, 2.75) is 19.4 Å². The van der Waals surface area contributed by atoms with Gasteiger partial charge in [-0.15, -0.1) is 0 Å². The summed E-state index contributed by atoms with van der Waals surface area (Å²) < 4.78 is 1.85. The smallest absolute Gasteiger partial charge is 0.104 e. The molecule has 3 aromatic rings. The summed E-state index contributed by atoms with van der Waals surface area (Å²) in [6.45, 7) is 2.11. The van der Waals surface area contributed by atoms with E-state index < -0.39 is 6.10 Å². The van der Waals surface area contributed by atoms with Crippen LogP contribution < -0.4 is 0 Å². The van der Waals surface area contributed by atoms with Crippen molar-refractivity contribution in [3.05, 3.63) is 77.6 Å². The summed E-state index contributed by atoms with van der Waals surface area (Å²) in [5.74, 6) is 0. The van der Waals surface area contributed by atoms with Crippen LogP contribution in [0.5, 0.6) is 0 Å². The van der Waals surface area contributed by atoms with Crippen LogP contribution >= 0.6 is 0 Å². The summed E-state index contributed by atoms with van der Waals surface area (Å²) in [5.41, 5.74) is 5.20. The van der Waals surface area contributed by atoms with E-state index in [2.05, 4.69) is 24.2 Å². The molecule has 3 rings (SSSR count). The summed E-state index contributed by atoms with van der Waals surface area (Å²) in [6, 6.07) is 17.8. The Labute approximate surface area is 130 Å². The average molecular weight is 292 g/mol. The van der Waals surface area contributed by atoms with Gasteiger partial charge in [0.25, 0.3) is 0 Å². The number of aromatic nitrogens is 2. The predicted octanol–water partition coefficient (Wildman–Crippen LogP) is 3.73. The molecule has 112 valence electrons. The van der Waals surface area contributed by atoms with E-state index in [1.54, 1.807) is 0 Å². The van der Waals surface area contributed by atoms with Crippen LogP contribution in [0.15, 0.2) is 60.8 Å². The molecule has 0 spiro atoms. The Morgan fingerprint density at radius 3 is 2.27 bits per heavy atom. The Hall–Kier alpha value is -2.39. The summed E-state index contributed by atoms with van der Waals surface area (Å²) >= 11 is 0. The normalized spacial score (nSPS) is 12.3. The molecule has 0 aliphatic heterocycles. The number of aryl methyl sites for hydroxylation is 2. The second-order valence-corrected chi connectivity index (χ2v) is 5.45. The highest BCUT2D eigenvalue weighted by Crippen LogP contribution is 2.27. The first-order valence-corrected chi connectivity index (χ1v) is 7.55. The van der Waals surface area contributed by atoms with Crippen LogP contribution in [0.1, 0.15) is 29.8 Å². The third-order valence-electron chi connectivity index (χ3n) is 3.89. The largest absolute Gasteiger partial charge is 0.384 e. The number of hydrogen-bond donors (Lipinski definition) is 1. The lowest BCUT2D eigenvalue weighted by Gasteiger charge is -2.12. The maximum absolute atomic E-state index is 10.4. The molecule has 0 fully saturated rings. The first-order chi connectivity index (χ1) is 10.7. The summed E-state index contributed by atoms with van der Waals surface area (Å²) in [7, 11) is 1.94. The highest BCUT2D eigenvalue weighted by molar-refractivity contribution is 5.65. The van der Waals surface area contributed by atoms with E-state index in [1.807, 2.05) is 60.4 Å². The van der Waals surface area contributed by atoms with Crippen molar-refractivity contribution in [3.63, 3.8) is 0 Å². The van der Waals surface area contributed by atoms with Gasteiger partial charge in [-0.1, -0.05) is 61.5 Å². The van der Waals surface area contributed by atoms with Gasteiger partial charge >= 0.3 is 0 Å². The second kappa shape index (κ2) is 6.16. The maximum atomic E-state index is 10.4. The quantitative estimate of drug-likeness (QED) is 0.795. The molecular weight excluding hydrogens is 272 g/mol. The van der Waals surface area contributed by atoms with E-state index >= 15 is 0 Å². The number of benzene rings is 2. The lowest BCUT2D eigenvalue weighted by molar-refractivity contribution is 0.220. The van der Waals surface area contributed by atoms with Crippen LogP contribution in [0.3, 0.4) is 0 Å². The van der Waals surface area contributed by atoms with Crippen LogP contribution in [-0.2, 0) is 13.5 Å². The first-order valence-electron chi connectivity index (χ1n) is 7.55. The van der Waals surface area contributed by atoms with Gasteiger partial charge in [0.15, 0.2) is 0 Å². The minimum atomic E-state index is -0.588. The van der Waals surface area contributed by atoms with E-state index in [9.17, 15) is 5.11 Å². The van der Waals surface area contributed by atoms with Crippen molar-refractivity contribution in [1.82, 2.24) is 9.78 Å². The molecule has 0 saturated heterocycles. The zero-order valence-electron chi connectivity index (χ0n) is 12.9. The average Bonchev–Trinajstić information content (AvgIpc) is 2.96. The SMILES string of the molecule is CCc1nn(C)cc1-c1ccc(C(O)c2ccccc2)cc1. The molecule has 2 aromatic carbocycles. The zero-order valence-corrected chi connectivity index (χ0v) is 12.9. The maximum Gasteiger partial charge on any atom is 0.104 e. The molecular formula is C19H20N2O. The van der Waals surface area contributed by atoms with Crippen LogP contribution in [-0.4, -0.2) is 14.9 Å². The van der Waals surface area contributed by atoms with Gasteiger partial charge in [-0.05, 0) is 23.1 Å². The molecule has 3 nitrogen and oxygen atoms in total. The molecule has 1 unspecified atom stereocenters.